The number of hydrogen-bond donors (Lipinski definition) is 2. The topological polar surface area (TPSA) is 88.1 Å². The van der Waals surface area contributed by atoms with E-state index in [1.807, 2.05) is 13.0 Å². The molecule has 0 atom stereocenters. The Hall–Kier alpha value is -2.48. The molecule has 1 aromatic rings. The predicted octanol–water partition coefficient (Wildman–Crippen LogP) is 1.60. The fourth-order valence-corrected chi connectivity index (χ4v) is 1.39. The number of hydrogen-bond acceptors (Lipinski definition) is 4. The minimum Gasteiger partial charge on any atom is -0.488 e. The van der Waals surface area contributed by atoms with Gasteiger partial charge in [-0.2, -0.15) is 5.26 Å². The third-order valence-corrected chi connectivity index (χ3v) is 2.32. The summed E-state index contributed by atoms with van der Waals surface area (Å²) in [6.45, 7) is 2.84. The maximum absolute atomic E-state index is 11.3. The van der Waals surface area contributed by atoms with Gasteiger partial charge in [0, 0.05) is 12.6 Å². The third kappa shape index (κ3) is 4.72. The van der Waals surface area contributed by atoms with Gasteiger partial charge in [-0.15, -0.1) is 0 Å². The minimum absolute atomic E-state index is 0.154. The van der Waals surface area contributed by atoms with E-state index in [0.29, 0.717) is 23.5 Å². The standard InChI is InChI=1S/C14H17N3O2/c1-2-8-17-14(18)7-4-9-19-13-6-3-5-12(16)11(13)10-15/h3-7H,2,8-9,16H2,1H3,(H,17,18). The van der Waals surface area contributed by atoms with Gasteiger partial charge in [0.2, 0.25) is 5.91 Å². The van der Waals surface area contributed by atoms with Crippen molar-refractivity contribution in [2.75, 3.05) is 18.9 Å². The smallest absolute Gasteiger partial charge is 0.243 e. The van der Waals surface area contributed by atoms with Crippen LogP contribution < -0.4 is 15.8 Å². The van der Waals surface area contributed by atoms with E-state index in [9.17, 15) is 4.79 Å². The second-order valence-corrected chi connectivity index (χ2v) is 3.84. The molecule has 0 saturated carbocycles. The van der Waals surface area contributed by atoms with Crippen molar-refractivity contribution in [1.82, 2.24) is 5.32 Å². The van der Waals surface area contributed by atoms with Crippen LogP contribution in [0.25, 0.3) is 0 Å². The second kappa shape index (κ2) is 7.77. The van der Waals surface area contributed by atoms with Crippen molar-refractivity contribution in [2.45, 2.75) is 13.3 Å². The second-order valence-electron chi connectivity index (χ2n) is 3.84. The highest BCUT2D eigenvalue weighted by atomic mass is 16.5. The lowest BCUT2D eigenvalue weighted by atomic mass is 10.2. The van der Waals surface area contributed by atoms with E-state index in [0.717, 1.165) is 6.42 Å². The highest BCUT2D eigenvalue weighted by Gasteiger charge is 2.05. The maximum Gasteiger partial charge on any atom is 0.243 e. The SMILES string of the molecule is CCCNC(=O)C=CCOc1cccc(N)c1C#N. The van der Waals surface area contributed by atoms with Crippen LogP contribution >= 0.6 is 0 Å². The van der Waals surface area contributed by atoms with Gasteiger partial charge < -0.3 is 15.8 Å². The number of rotatable bonds is 6. The van der Waals surface area contributed by atoms with E-state index in [1.165, 1.54) is 6.08 Å². The highest BCUT2D eigenvalue weighted by molar-refractivity contribution is 5.87. The summed E-state index contributed by atoms with van der Waals surface area (Å²) in [7, 11) is 0. The normalized spacial score (nSPS) is 10.1. The Bertz CT molecular complexity index is 504. The molecule has 0 unspecified atom stereocenters. The lowest BCUT2D eigenvalue weighted by Crippen LogP contribution is -2.21. The summed E-state index contributed by atoms with van der Waals surface area (Å²) in [6, 6.07) is 7.00. The number of carbonyl (C=O) groups excluding carboxylic acids is 1. The van der Waals surface area contributed by atoms with Gasteiger partial charge in [0.05, 0.1) is 5.69 Å². The summed E-state index contributed by atoms with van der Waals surface area (Å²) in [5.41, 5.74) is 6.35. The largest absolute Gasteiger partial charge is 0.488 e. The number of ether oxygens (including phenoxy) is 1. The van der Waals surface area contributed by atoms with E-state index in [1.54, 1.807) is 24.3 Å². The van der Waals surface area contributed by atoms with E-state index < -0.39 is 0 Å². The molecule has 1 aromatic carbocycles. The molecule has 100 valence electrons. The molecule has 0 aromatic heterocycles. The number of nitrogens with two attached hydrogens (primary N) is 1. The Labute approximate surface area is 112 Å². The molecule has 0 saturated heterocycles. The number of nitrogens with one attached hydrogen (secondary N) is 1. The molecule has 1 rings (SSSR count). The summed E-state index contributed by atoms with van der Waals surface area (Å²) >= 11 is 0. The van der Waals surface area contributed by atoms with Gasteiger partial charge in [-0.05, 0) is 24.6 Å². The van der Waals surface area contributed by atoms with Crippen molar-refractivity contribution in [2.24, 2.45) is 0 Å². The summed E-state index contributed by atoms with van der Waals surface area (Å²) < 4.78 is 5.39. The predicted molar refractivity (Wildman–Crippen MR) is 73.5 cm³/mol. The van der Waals surface area contributed by atoms with Gasteiger partial charge in [0.15, 0.2) is 0 Å². The molecule has 0 spiro atoms. The van der Waals surface area contributed by atoms with Crippen molar-refractivity contribution < 1.29 is 9.53 Å². The van der Waals surface area contributed by atoms with Gasteiger partial charge in [-0.1, -0.05) is 13.0 Å². The minimum atomic E-state index is -0.154. The van der Waals surface area contributed by atoms with Crippen molar-refractivity contribution in [3.63, 3.8) is 0 Å². The van der Waals surface area contributed by atoms with Crippen LogP contribution in [-0.2, 0) is 4.79 Å². The average molecular weight is 259 g/mol. The fourth-order valence-electron chi connectivity index (χ4n) is 1.39. The van der Waals surface area contributed by atoms with E-state index in [-0.39, 0.29) is 12.5 Å². The Kier molecular flexibility index (Phi) is 5.96. The Balaban J connectivity index is 2.50. The van der Waals surface area contributed by atoms with Gasteiger partial charge in [-0.3, -0.25) is 4.79 Å². The molecule has 5 nitrogen and oxygen atoms in total. The Morgan fingerprint density at radius 3 is 3.05 bits per heavy atom. The summed E-state index contributed by atoms with van der Waals surface area (Å²) in [5.74, 6) is 0.264. The molecule has 3 N–H and O–H groups in total. The monoisotopic (exact) mass is 259 g/mol. The first kappa shape index (κ1) is 14.6. The van der Waals surface area contributed by atoms with E-state index in [2.05, 4.69) is 5.32 Å². The number of amides is 1. The molecule has 0 aliphatic carbocycles. The quantitative estimate of drug-likeness (QED) is 0.600. The van der Waals surface area contributed by atoms with Crippen LogP contribution in [0.4, 0.5) is 5.69 Å². The van der Waals surface area contributed by atoms with E-state index >= 15 is 0 Å². The number of anilines is 1. The molecule has 5 heteroatoms. The first-order valence-corrected chi connectivity index (χ1v) is 6.04. The van der Waals surface area contributed by atoms with Crippen LogP contribution in [0, 0.1) is 11.3 Å². The maximum atomic E-state index is 11.3. The first-order chi connectivity index (χ1) is 9.19. The molecule has 0 aliphatic heterocycles. The molecule has 0 fully saturated rings. The van der Waals surface area contributed by atoms with Crippen LogP contribution in [-0.4, -0.2) is 19.1 Å². The van der Waals surface area contributed by atoms with Crippen LogP contribution in [0.5, 0.6) is 5.75 Å². The van der Waals surface area contributed by atoms with Crippen LogP contribution in [0.1, 0.15) is 18.9 Å². The summed E-state index contributed by atoms with van der Waals surface area (Å²) in [6.07, 6.45) is 3.90. The number of nitrogens with zero attached hydrogens (tertiary/aromatic N) is 1. The van der Waals surface area contributed by atoms with E-state index in [4.69, 9.17) is 15.7 Å². The first-order valence-electron chi connectivity index (χ1n) is 6.04. The molecule has 0 aliphatic rings. The molecule has 1 amide bonds. The van der Waals surface area contributed by atoms with Crippen molar-refractivity contribution in [3.8, 4) is 11.8 Å². The molecular formula is C14H17N3O2. The van der Waals surface area contributed by atoms with Gasteiger partial charge in [0.1, 0.15) is 24.0 Å². The molecule has 19 heavy (non-hydrogen) atoms. The van der Waals surface area contributed by atoms with Gasteiger partial charge >= 0.3 is 0 Å². The molecule has 0 radical (unpaired) electrons. The average Bonchev–Trinajstić information content (AvgIpc) is 2.41. The fraction of sp³-hybridized carbons (Fsp3) is 0.286. The zero-order valence-electron chi connectivity index (χ0n) is 10.8. The lowest BCUT2D eigenvalue weighted by Gasteiger charge is -2.06. The van der Waals surface area contributed by atoms with Gasteiger partial charge in [-0.25, -0.2) is 0 Å². The van der Waals surface area contributed by atoms with Crippen LogP contribution in [0.15, 0.2) is 30.4 Å². The number of nitriles is 1. The highest BCUT2D eigenvalue weighted by Crippen LogP contribution is 2.22. The Morgan fingerprint density at radius 2 is 2.37 bits per heavy atom. The zero-order valence-corrected chi connectivity index (χ0v) is 10.8. The van der Waals surface area contributed by atoms with Crippen molar-refractivity contribution in [1.29, 1.82) is 5.26 Å². The molecule has 0 heterocycles. The number of carbonyl (C=O) groups is 1. The Morgan fingerprint density at radius 1 is 1.58 bits per heavy atom. The molecular weight excluding hydrogens is 242 g/mol. The van der Waals surface area contributed by atoms with Crippen molar-refractivity contribution in [3.05, 3.63) is 35.9 Å². The van der Waals surface area contributed by atoms with Crippen molar-refractivity contribution >= 4 is 11.6 Å². The van der Waals surface area contributed by atoms with Gasteiger partial charge in [0.25, 0.3) is 0 Å². The van der Waals surface area contributed by atoms with Crippen LogP contribution in [0.2, 0.25) is 0 Å². The third-order valence-electron chi connectivity index (χ3n) is 2.32. The lowest BCUT2D eigenvalue weighted by molar-refractivity contribution is -0.116. The summed E-state index contributed by atoms with van der Waals surface area (Å²) in [4.78, 5) is 11.3. The molecule has 0 bridgehead atoms. The summed E-state index contributed by atoms with van der Waals surface area (Å²) in [5, 5.41) is 11.7. The zero-order chi connectivity index (χ0) is 14.1. The number of nitrogen functional groups attached to an aromatic ring is 1. The number of benzene rings is 1. The van der Waals surface area contributed by atoms with Crippen LogP contribution in [0.3, 0.4) is 0 Å².